The van der Waals surface area contributed by atoms with E-state index < -0.39 is 0 Å². The summed E-state index contributed by atoms with van der Waals surface area (Å²) >= 11 is 0. The Hall–Kier alpha value is -1.86. The number of carbonyl (C=O) groups excluding carboxylic acids is 1. The van der Waals surface area contributed by atoms with Crippen molar-refractivity contribution >= 4 is 5.91 Å². The van der Waals surface area contributed by atoms with E-state index in [4.69, 9.17) is 0 Å². The molecule has 1 heterocycles. The van der Waals surface area contributed by atoms with Gasteiger partial charge in [0.1, 0.15) is 6.04 Å². The van der Waals surface area contributed by atoms with Crippen LogP contribution in [0.15, 0.2) is 6.07 Å². The molecule has 4 heteroatoms. The number of hydrogen-bond donors (Lipinski definition) is 1. The second-order valence-electron chi connectivity index (χ2n) is 11.1. The molecule has 1 saturated heterocycles. The van der Waals surface area contributed by atoms with E-state index >= 15 is 0 Å². The predicted molar refractivity (Wildman–Crippen MR) is 123 cm³/mol. The van der Waals surface area contributed by atoms with Gasteiger partial charge in [0.05, 0.1) is 12.6 Å². The number of rotatable bonds is 5. The van der Waals surface area contributed by atoms with E-state index in [9.17, 15) is 10.1 Å². The minimum atomic E-state index is -0.203. The smallest absolute Gasteiger partial charge is 0.237 e. The van der Waals surface area contributed by atoms with Crippen molar-refractivity contribution < 1.29 is 4.79 Å². The minimum absolute atomic E-state index is 0.114. The fraction of sp³-hybridized carbons (Fsp3) is 0.704. The maximum atomic E-state index is 12.9. The molecule has 0 radical (unpaired) electrons. The van der Waals surface area contributed by atoms with E-state index in [1.165, 1.54) is 38.5 Å². The fourth-order valence-corrected chi connectivity index (χ4v) is 6.59. The molecule has 1 aliphatic heterocycles. The van der Waals surface area contributed by atoms with Crippen molar-refractivity contribution in [3.63, 3.8) is 0 Å². The number of piperidine rings is 1. The molecule has 6 atom stereocenters. The van der Waals surface area contributed by atoms with Crippen molar-refractivity contribution in [2.75, 3.05) is 6.54 Å². The maximum Gasteiger partial charge on any atom is 0.237 e. The van der Waals surface area contributed by atoms with E-state index in [0.717, 1.165) is 31.1 Å². The first kappa shape index (κ1) is 21.0. The normalized spacial score (nSPS) is 31.9. The van der Waals surface area contributed by atoms with Gasteiger partial charge < -0.3 is 10.2 Å². The Labute approximate surface area is 187 Å². The molecular formula is C27H37N3O. The number of likely N-dealkylation sites (tertiary alicyclic amines) is 1. The second kappa shape index (κ2) is 8.24. The van der Waals surface area contributed by atoms with Crippen LogP contribution in [0.2, 0.25) is 0 Å². The third kappa shape index (κ3) is 4.02. The first-order valence-corrected chi connectivity index (χ1v) is 12.5. The fourth-order valence-electron chi connectivity index (χ4n) is 6.59. The lowest BCUT2D eigenvalue weighted by Gasteiger charge is -2.32. The van der Waals surface area contributed by atoms with Crippen molar-refractivity contribution in [3.8, 4) is 6.07 Å². The number of benzene rings is 1. The summed E-state index contributed by atoms with van der Waals surface area (Å²) in [6, 6.07) is 5.28. The number of nitrogens with one attached hydrogen (secondary N) is 1. The van der Waals surface area contributed by atoms with Crippen molar-refractivity contribution in [2.45, 2.75) is 96.7 Å². The molecule has 166 valence electrons. The predicted octanol–water partition coefficient (Wildman–Crippen LogP) is 3.97. The number of carbonyl (C=O) groups is 1. The zero-order valence-electron chi connectivity index (χ0n) is 19.4. The van der Waals surface area contributed by atoms with Crippen LogP contribution in [0.1, 0.15) is 74.3 Å². The Morgan fingerprint density at radius 3 is 2.42 bits per heavy atom. The molecule has 2 fully saturated rings. The topological polar surface area (TPSA) is 56.1 Å². The minimum Gasteiger partial charge on any atom is -0.322 e. The lowest BCUT2D eigenvalue weighted by Crippen LogP contribution is -2.45. The first-order chi connectivity index (χ1) is 14.9. The van der Waals surface area contributed by atoms with Gasteiger partial charge >= 0.3 is 0 Å². The lowest BCUT2D eigenvalue weighted by molar-refractivity contribution is -0.131. The molecule has 0 spiro atoms. The molecule has 1 aromatic rings. The summed E-state index contributed by atoms with van der Waals surface area (Å²) in [5, 5.41) is 12.9. The third-order valence-corrected chi connectivity index (χ3v) is 8.42. The molecule has 3 unspecified atom stereocenters. The van der Waals surface area contributed by atoms with Crippen LogP contribution in [0.25, 0.3) is 0 Å². The largest absolute Gasteiger partial charge is 0.322 e. The summed E-state index contributed by atoms with van der Waals surface area (Å²) in [4.78, 5) is 14.7. The van der Waals surface area contributed by atoms with Crippen LogP contribution in [0.5, 0.6) is 0 Å². The number of fused-ring (bicyclic) bond motifs is 3. The first-order valence-electron chi connectivity index (χ1n) is 12.5. The molecule has 1 saturated carbocycles. The molecule has 3 aliphatic carbocycles. The summed E-state index contributed by atoms with van der Waals surface area (Å²) in [5.74, 6) is 2.26. The highest BCUT2D eigenvalue weighted by Gasteiger charge is 2.53. The van der Waals surface area contributed by atoms with Crippen LogP contribution >= 0.6 is 0 Å². The van der Waals surface area contributed by atoms with E-state index in [1.807, 2.05) is 4.90 Å². The van der Waals surface area contributed by atoms with Gasteiger partial charge in [0.15, 0.2) is 0 Å². The number of amides is 1. The zero-order valence-corrected chi connectivity index (χ0v) is 19.4. The van der Waals surface area contributed by atoms with Crippen molar-refractivity contribution in [2.24, 2.45) is 17.8 Å². The van der Waals surface area contributed by atoms with Crippen LogP contribution in [0.4, 0.5) is 0 Å². The van der Waals surface area contributed by atoms with Crippen molar-refractivity contribution in [1.29, 1.82) is 5.26 Å². The van der Waals surface area contributed by atoms with Gasteiger partial charge in [-0.1, -0.05) is 19.9 Å². The number of nitriles is 1. The van der Waals surface area contributed by atoms with Crippen molar-refractivity contribution in [3.05, 3.63) is 33.9 Å². The van der Waals surface area contributed by atoms with E-state index in [1.54, 1.807) is 27.8 Å². The lowest BCUT2D eigenvalue weighted by atomic mass is 9.74. The zero-order chi connectivity index (χ0) is 21.7. The molecule has 1 amide bonds. The molecule has 0 bridgehead atoms. The SMILES string of the molecule is CC1CCc2c(cc3c(c2CC(C)NCC(=O)N2[C@H](C#N)C[C@@H]4C[C@@H]42)CCC(C)C3)C1. The molecule has 4 aliphatic rings. The highest BCUT2D eigenvalue weighted by Crippen LogP contribution is 2.47. The van der Waals surface area contributed by atoms with Gasteiger partial charge in [-0.05, 0) is 110 Å². The quantitative estimate of drug-likeness (QED) is 0.786. The Balaban J connectivity index is 1.30. The summed E-state index contributed by atoms with van der Waals surface area (Å²) < 4.78 is 0. The molecular weight excluding hydrogens is 382 g/mol. The Morgan fingerprint density at radius 2 is 1.81 bits per heavy atom. The molecule has 1 aromatic carbocycles. The second-order valence-corrected chi connectivity index (χ2v) is 11.1. The summed E-state index contributed by atoms with van der Waals surface area (Å²) in [5.41, 5.74) is 8.03. The van der Waals surface area contributed by atoms with Gasteiger partial charge in [0, 0.05) is 12.1 Å². The van der Waals surface area contributed by atoms with Gasteiger partial charge in [0.25, 0.3) is 0 Å². The molecule has 0 aromatic heterocycles. The van der Waals surface area contributed by atoms with Crippen LogP contribution in [-0.4, -0.2) is 35.5 Å². The summed E-state index contributed by atoms with van der Waals surface area (Å²) in [6.07, 6.45) is 10.4. The third-order valence-electron chi connectivity index (χ3n) is 8.42. The van der Waals surface area contributed by atoms with Crippen LogP contribution in [0, 0.1) is 29.1 Å². The number of nitrogens with zero attached hydrogens (tertiary/aromatic N) is 2. The molecule has 1 N–H and O–H groups in total. The Morgan fingerprint density at radius 1 is 1.16 bits per heavy atom. The van der Waals surface area contributed by atoms with Crippen LogP contribution < -0.4 is 5.32 Å². The summed E-state index contributed by atoms with van der Waals surface area (Å²) in [6.45, 7) is 7.35. The average Bonchev–Trinajstić information content (AvgIpc) is 3.40. The van der Waals surface area contributed by atoms with E-state index in [0.29, 0.717) is 18.5 Å². The van der Waals surface area contributed by atoms with E-state index in [-0.39, 0.29) is 18.0 Å². The van der Waals surface area contributed by atoms with E-state index in [2.05, 4.69) is 38.2 Å². The van der Waals surface area contributed by atoms with Crippen molar-refractivity contribution in [1.82, 2.24) is 10.2 Å². The standard InChI is InChI=1S/C27H37N3O/c1-16-4-6-23-19(8-16)11-20-9-17(2)5-7-24(20)25(23)10-18(3)29-15-27(31)30-22(14-28)12-21-13-26(21)30/h11,16-18,21-22,26,29H,4-10,12-13,15H2,1-3H3/t16?,17?,18?,21-,22+,26+/m1/s1. The summed E-state index contributed by atoms with van der Waals surface area (Å²) in [7, 11) is 0. The van der Waals surface area contributed by atoms with Gasteiger partial charge in [-0.15, -0.1) is 0 Å². The highest BCUT2D eigenvalue weighted by molar-refractivity contribution is 5.80. The van der Waals surface area contributed by atoms with Gasteiger partial charge in [0.2, 0.25) is 5.91 Å². The van der Waals surface area contributed by atoms with Crippen LogP contribution in [-0.2, 0) is 36.9 Å². The number of hydrogen-bond acceptors (Lipinski definition) is 3. The Kier molecular flexibility index (Phi) is 5.59. The average molecular weight is 420 g/mol. The highest BCUT2D eigenvalue weighted by atomic mass is 16.2. The van der Waals surface area contributed by atoms with Crippen LogP contribution in [0.3, 0.4) is 0 Å². The molecule has 5 rings (SSSR count). The maximum absolute atomic E-state index is 12.9. The Bertz CT molecular complexity index is 878. The monoisotopic (exact) mass is 419 g/mol. The molecule has 4 nitrogen and oxygen atoms in total. The van der Waals surface area contributed by atoms with Gasteiger partial charge in [-0.2, -0.15) is 5.26 Å². The van der Waals surface area contributed by atoms with Gasteiger partial charge in [-0.3, -0.25) is 4.79 Å². The molecule has 31 heavy (non-hydrogen) atoms. The van der Waals surface area contributed by atoms with Gasteiger partial charge in [-0.25, -0.2) is 0 Å².